The second kappa shape index (κ2) is 5.37. The predicted molar refractivity (Wildman–Crippen MR) is 102 cm³/mol. The fourth-order valence-corrected chi connectivity index (χ4v) is 8.25. The van der Waals surface area contributed by atoms with Gasteiger partial charge in [-0.15, -0.1) is 0 Å². The maximum Gasteiger partial charge on any atom is 0.334 e. The number of carboxylic acid groups (broad SMARTS) is 1. The molecule has 7 atom stereocenters. The lowest BCUT2D eigenvalue weighted by atomic mass is 9.40. The molecule has 1 heterocycles. The number of aliphatic imine (C=N–C) groups is 1. The molecule has 0 aromatic rings. The van der Waals surface area contributed by atoms with Crippen LogP contribution in [0.5, 0.6) is 0 Å². The number of nitrogens with zero attached hydrogens (tertiary/aromatic N) is 2. The van der Waals surface area contributed by atoms with Crippen LogP contribution in [0.3, 0.4) is 0 Å². The summed E-state index contributed by atoms with van der Waals surface area (Å²) in [4.78, 5) is 18.4. The highest BCUT2D eigenvalue weighted by Crippen LogP contribution is 2.80. The van der Waals surface area contributed by atoms with Crippen molar-refractivity contribution in [3.63, 3.8) is 0 Å². The van der Waals surface area contributed by atoms with Crippen molar-refractivity contribution in [1.29, 1.82) is 0 Å². The monoisotopic (exact) mass is 371 g/mol. The minimum atomic E-state index is -0.925. The topological polar surface area (TPSA) is 99.1 Å². The van der Waals surface area contributed by atoms with Gasteiger partial charge in [0, 0.05) is 30.6 Å². The van der Waals surface area contributed by atoms with Gasteiger partial charge in [-0.2, -0.15) is 0 Å². The molecule has 0 amide bonds. The summed E-state index contributed by atoms with van der Waals surface area (Å²) in [6.07, 6.45) is 8.49. The van der Waals surface area contributed by atoms with E-state index in [1.165, 1.54) is 0 Å². The Bertz CT molecular complexity index is 802. The zero-order valence-corrected chi connectivity index (χ0v) is 16.1. The van der Waals surface area contributed by atoms with E-state index in [9.17, 15) is 15.0 Å². The van der Waals surface area contributed by atoms with Crippen molar-refractivity contribution in [3.8, 4) is 0 Å². The maximum absolute atomic E-state index is 12.1. The minimum absolute atomic E-state index is 0.0169. The molecule has 4 aliphatic carbocycles. The molecule has 6 nitrogen and oxygen atoms in total. The van der Waals surface area contributed by atoms with Crippen LogP contribution in [-0.4, -0.2) is 46.7 Å². The first-order chi connectivity index (χ1) is 12.9. The molecule has 0 aromatic heterocycles. The second-order valence-electron chi connectivity index (χ2n) is 9.27. The third-order valence-electron chi connectivity index (χ3n) is 8.90. The molecule has 5 aliphatic rings. The van der Waals surface area contributed by atoms with Crippen LogP contribution >= 0.6 is 0 Å². The Labute approximate surface area is 159 Å². The van der Waals surface area contributed by atoms with E-state index in [2.05, 4.69) is 29.1 Å². The van der Waals surface area contributed by atoms with Gasteiger partial charge in [-0.25, -0.2) is 4.79 Å². The normalized spacial score (nSPS) is 47.9. The Hall–Kier alpha value is -1.82. The number of guanidine groups is 1. The Morgan fingerprint density at radius 3 is 2.81 bits per heavy atom. The molecular weight excluding hydrogens is 342 g/mol. The highest BCUT2D eigenvalue weighted by molar-refractivity contribution is 5.91. The third-order valence-corrected chi connectivity index (χ3v) is 8.90. The van der Waals surface area contributed by atoms with E-state index in [-0.39, 0.29) is 16.7 Å². The zero-order chi connectivity index (χ0) is 19.1. The van der Waals surface area contributed by atoms with Gasteiger partial charge < -0.3 is 20.8 Å². The Kier molecular flexibility index (Phi) is 3.44. The van der Waals surface area contributed by atoms with Gasteiger partial charge in [0.05, 0.1) is 11.7 Å². The van der Waals surface area contributed by atoms with E-state index in [0.29, 0.717) is 29.3 Å². The van der Waals surface area contributed by atoms with E-state index in [0.717, 1.165) is 44.2 Å². The second-order valence-corrected chi connectivity index (χ2v) is 9.27. The van der Waals surface area contributed by atoms with Crippen LogP contribution in [0.4, 0.5) is 0 Å². The van der Waals surface area contributed by atoms with Crippen LogP contribution in [0.25, 0.3) is 0 Å². The van der Waals surface area contributed by atoms with Gasteiger partial charge >= 0.3 is 5.97 Å². The molecule has 2 bridgehead atoms. The molecule has 0 radical (unpaired) electrons. The minimum Gasteiger partial charge on any atom is -0.478 e. The van der Waals surface area contributed by atoms with Gasteiger partial charge in [-0.1, -0.05) is 13.0 Å². The average molecular weight is 371 g/mol. The van der Waals surface area contributed by atoms with Crippen LogP contribution in [0, 0.1) is 34.5 Å². The van der Waals surface area contributed by atoms with Crippen molar-refractivity contribution in [2.24, 2.45) is 45.2 Å². The highest BCUT2D eigenvalue weighted by atomic mass is 16.4. The van der Waals surface area contributed by atoms with E-state index < -0.39 is 12.1 Å². The van der Waals surface area contributed by atoms with Gasteiger partial charge in [0.15, 0.2) is 5.96 Å². The lowest BCUT2D eigenvalue weighted by Gasteiger charge is -2.65. The maximum atomic E-state index is 12.1. The average Bonchev–Trinajstić information content (AvgIpc) is 3.02. The fraction of sp³-hybridized carbons (Fsp3) is 0.714. The van der Waals surface area contributed by atoms with E-state index >= 15 is 0 Å². The molecule has 3 saturated carbocycles. The summed E-state index contributed by atoms with van der Waals surface area (Å²) in [5.74, 6) is 0.848. The Balaban J connectivity index is 1.77. The summed E-state index contributed by atoms with van der Waals surface area (Å²) in [7, 11) is 1.71. The summed E-state index contributed by atoms with van der Waals surface area (Å²) in [6, 6.07) is 0. The lowest BCUT2D eigenvalue weighted by molar-refractivity contribution is -0.157. The molecule has 0 unspecified atom stereocenters. The van der Waals surface area contributed by atoms with Crippen LogP contribution < -0.4 is 5.73 Å². The predicted octanol–water partition coefficient (Wildman–Crippen LogP) is 1.96. The van der Waals surface area contributed by atoms with Crippen molar-refractivity contribution < 1.29 is 15.0 Å². The van der Waals surface area contributed by atoms with E-state index in [4.69, 9.17) is 5.73 Å². The molecule has 4 N–H and O–H groups in total. The summed E-state index contributed by atoms with van der Waals surface area (Å²) in [5, 5.41) is 21.0. The number of carbonyl (C=O) groups is 1. The molecular formula is C21H29N3O3. The van der Waals surface area contributed by atoms with Crippen molar-refractivity contribution in [1.82, 2.24) is 4.90 Å². The number of hydrogen-bond donors (Lipinski definition) is 3. The van der Waals surface area contributed by atoms with Crippen molar-refractivity contribution in [2.45, 2.75) is 45.1 Å². The molecule has 2 spiro atoms. The number of aliphatic hydroxyl groups excluding tert-OH is 1. The SMILES string of the molecule is CN=C(N)N1C=C[C@@H]2CC[C@@H]3[C@H](O)C(C(=O)O)=C4C[C@H]5CC[C@@H](C)[C@]43[C@]52C1. The third kappa shape index (κ3) is 1.72. The first-order valence-corrected chi connectivity index (χ1v) is 10.2. The van der Waals surface area contributed by atoms with Gasteiger partial charge in [-0.05, 0) is 61.3 Å². The molecule has 1 aliphatic heterocycles. The molecule has 5 rings (SSSR count). The fourth-order valence-electron chi connectivity index (χ4n) is 8.25. The molecule has 27 heavy (non-hydrogen) atoms. The smallest absolute Gasteiger partial charge is 0.334 e. The van der Waals surface area contributed by atoms with Crippen LogP contribution in [0.15, 0.2) is 28.4 Å². The van der Waals surface area contributed by atoms with Gasteiger partial charge in [-0.3, -0.25) is 4.99 Å². The zero-order valence-electron chi connectivity index (χ0n) is 16.1. The van der Waals surface area contributed by atoms with Gasteiger partial charge in [0.1, 0.15) is 0 Å². The van der Waals surface area contributed by atoms with Crippen molar-refractivity contribution in [2.75, 3.05) is 13.6 Å². The number of aliphatic carboxylic acids is 1. The number of carboxylic acids is 1. The van der Waals surface area contributed by atoms with Gasteiger partial charge in [0.25, 0.3) is 0 Å². The van der Waals surface area contributed by atoms with Gasteiger partial charge in [0.2, 0.25) is 0 Å². The molecule has 3 fully saturated rings. The molecule has 0 aromatic carbocycles. The molecule has 0 saturated heterocycles. The van der Waals surface area contributed by atoms with Crippen LogP contribution in [0.2, 0.25) is 0 Å². The van der Waals surface area contributed by atoms with Crippen LogP contribution in [-0.2, 0) is 4.79 Å². The number of hydrogen-bond acceptors (Lipinski definition) is 3. The summed E-state index contributed by atoms with van der Waals surface area (Å²) >= 11 is 0. The number of allylic oxidation sites excluding steroid dienone is 2. The van der Waals surface area contributed by atoms with Crippen molar-refractivity contribution in [3.05, 3.63) is 23.4 Å². The highest BCUT2D eigenvalue weighted by Gasteiger charge is 2.77. The number of rotatable bonds is 1. The molecule has 146 valence electrons. The van der Waals surface area contributed by atoms with E-state index in [1.807, 2.05) is 0 Å². The number of nitrogens with two attached hydrogens (primary N) is 1. The standard InChI is InChI=1S/C21H29N3O3/c1-11-3-4-13-9-15-16(18(26)27)17(25)14-6-5-12-7-8-24(19(22)23-2)10-20(12,13)21(11,14)15/h7-8,11-14,17,25H,3-6,9-10H2,1-2H3,(H2,22,23)(H,26,27)/t11-,12+,13-,14-,17+,20+,21-/m1/s1. The summed E-state index contributed by atoms with van der Waals surface area (Å²) in [5.41, 5.74) is 7.30. The molecule has 6 heteroatoms. The van der Waals surface area contributed by atoms with Crippen LogP contribution in [0.1, 0.15) is 39.0 Å². The van der Waals surface area contributed by atoms with Crippen molar-refractivity contribution >= 4 is 11.9 Å². The first kappa shape index (κ1) is 17.3. The summed E-state index contributed by atoms with van der Waals surface area (Å²) < 4.78 is 0. The largest absolute Gasteiger partial charge is 0.478 e. The van der Waals surface area contributed by atoms with E-state index in [1.54, 1.807) is 7.05 Å². The number of aliphatic hydroxyl groups is 1. The Morgan fingerprint density at radius 1 is 1.33 bits per heavy atom. The lowest BCUT2D eigenvalue weighted by Crippen LogP contribution is -2.65. The first-order valence-electron chi connectivity index (χ1n) is 10.2. The quantitative estimate of drug-likeness (QED) is 0.483. The Morgan fingerprint density at radius 2 is 2.11 bits per heavy atom. The summed E-state index contributed by atoms with van der Waals surface area (Å²) in [6.45, 7) is 3.07.